The van der Waals surface area contributed by atoms with Gasteiger partial charge in [0.1, 0.15) is 0 Å². The van der Waals surface area contributed by atoms with Crippen LogP contribution >= 0.6 is 22.6 Å². The molecule has 0 aromatic carbocycles. The van der Waals surface area contributed by atoms with Gasteiger partial charge in [-0.3, -0.25) is 0 Å². The lowest BCUT2D eigenvalue weighted by Gasteiger charge is -2.16. The van der Waals surface area contributed by atoms with Gasteiger partial charge in [-0.25, -0.2) is 0 Å². The van der Waals surface area contributed by atoms with Gasteiger partial charge >= 0.3 is 0 Å². The average Bonchev–Trinajstić information content (AvgIpc) is 2.41. The molecule has 0 radical (unpaired) electrons. The zero-order valence-electron chi connectivity index (χ0n) is 8.57. The van der Waals surface area contributed by atoms with Gasteiger partial charge in [-0.2, -0.15) is 0 Å². The number of halogens is 1. The van der Waals surface area contributed by atoms with E-state index in [0.717, 1.165) is 10.8 Å². The minimum Gasteiger partial charge on any atom is -0.392 e. The molecular weight excluding hydrogens is 295 g/mol. The SMILES string of the molecule is CC1(C)O[C@@H](C/C=C\CO)[C@@H](CI)O1. The molecule has 0 unspecified atom stereocenters. The van der Waals surface area contributed by atoms with Crippen LogP contribution in [-0.4, -0.2) is 34.1 Å². The maximum Gasteiger partial charge on any atom is 0.163 e. The second-order valence-electron chi connectivity index (χ2n) is 3.76. The number of ether oxygens (including phenoxy) is 2. The third kappa shape index (κ3) is 3.49. The van der Waals surface area contributed by atoms with Gasteiger partial charge in [0.25, 0.3) is 0 Å². The molecule has 4 heteroatoms. The monoisotopic (exact) mass is 312 g/mol. The summed E-state index contributed by atoms with van der Waals surface area (Å²) in [6, 6.07) is 0. The molecule has 1 aliphatic heterocycles. The highest BCUT2D eigenvalue weighted by molar-refractivity contribution is 14.1. The van der Waals surface area contributed by atoms with E-state index in [9.17, 15) is 0 Å². The van der Waals surface area contributed by atoms with Gasteiger partial charge in [-0.05, 0) is 20.3 Å². The zero-order valence-corrected chi connectivity index (χ0v) is 10.7. The van der Waals surface area contributed by atoms with Gasteiger partial charge < -0.3 is 14.6 Å². The standard InChI is InChI=1S/C10H17IO3/c1-10(2)13-8(5-3-4-6-12)9(7-11)14-10/h3-4,8-9,12H,5-7H2,1-2H3/b4-3-/t8-,9+/m0/s1. The van der Waals surface area contributed by atoms with Crippen LogP contribution in [0.15, 0.2) is 12.2 Å². The maximum atomic E-state index is 8.61. The molecule has 0 aliphatic carbocycles. The minimum absolute atomic E-state index is 0.0892. The fourth-order valence-electron chi connectivity index (χ4n) is 1.54. The van der Waals surface area contributed by atoms with Crippen molar-refractivity contribution in [3.63, 3.8) is 0 Å². The molecule has 14 heavy (non-hydrogen) atoms. The van der Waals surface area contributed by atoms with Crippen LogP contribution in [0.25, 0.3) is 0 Å². The largest absolute Gasteiger partial charge is 0.392 e. The summed E-state index contributed by atoms with van der Waals surface area (Å²) in [7, 11) is 0. The number of hydrogen-bond acceptors (Lipinski definition) is 3. The van der Waals surface area contributed by atoms with Crippen LogP contribution in [0.4, 0.5) is 0 Å². The summed E-state index contributed by atoms with van der Waals surface area (Å²) in [5, 5.41) is 8.61. The third-order valence-electron chi connectivity index (χ3n) is 2.08. The molecule has 1 fully saturated rings. The van der Waals surface area contributed by atoms with Crippen molar-refractivity contribution in [1.82, 2.24) is 0 Å². The first-order chi connectivity index (χ1) is 6.59. The van der Waals surface area contributed by atoms with Gasteiger partial charge in [0.05, 0.1) is 18.8 Å². The molecule has 0 amide bonds. The lowest BCUT2D eigenvalue weighted by Crippen LogP contribution is -2.23. The van der Waals surface area contributed by atoms with Crippen LogP contribution in [0.1, 0.15) is 20.3 Å². The smallest absolute Gasteiger partial charge is 0.163 e. The summed E-state index contributed by atoms with van der Waals surface area (Å²) in [5.41, 5.74) is 0. The van der Waals surface area contributed by atoms with E-state index in [4.69, 9.17) is 14.6 Å². The Morgan fingerprint density at radius 1 is 1.29 bits per heavy atom. The Balaban J connectivity index is 2.47. The fraction of sp³-hybridized carbons (Fsp3) is 0.800. The van der Waals surface area contributed by atoms with Gasteiger partial charge in [0.2, 0.25) is 0 Å². The second kappa shape index (κ2) is 5.44. The van der Waals surface area contributed by atoms with Crippen LogP contribution in [-0.2, 0) is 9.47 Å². The van der Waals surface area contributed by atoms with Crippen molar-refractivity contribution in [3.8, 4) is 0 Å². The fourth-order valence-corrected chi connectivity index (χ4v) is 2.29. The summed E-state index contributed by atoms with van der Waals surface area (Å²) >= 11 is 2.30. The molecule has 0 aromatic rings. The lowest BCUT2D eigenvalue weighted by molar-refractivity contribution is -0.144. The minimum atomic E-state index is -0.465. The zero-order chi connectivity index (χ0) is 10.6. The van der Waals surface area contributed by atoms with Crippen LogP contribution in [0.3, 0.4) is 0 Å². The Morgan fingerprint density at radius 2 is 1.93 bits per heavy atom. The van der Waals surface area contributed by atoms with Crippen LogP contribution in [0.2, 0.25) is 0 Å². The summed E-state index contributed by atoms with van der Waals surface area (Å²) in [4.78, 5) is 0. The first kappa shape index (κ1) is 12.4. The number of aliphatic hydroxyl groups is 1. The maximum absolute atomic E-state index is 8.61. The Kier molecular flexibility index (Phi) is 4.82. The predicted octanol–water partition coefficient (Wildman–Crippen LogP) is 1.88. The first-order valence-corrected chi connectivity index (χ1v) is 6.29. The summed E-state index contributed by atoms with van der Waals surface area (Å²) in [6.45, 7) is 3.95. The van der Waals surface area contributed by atoms with Crippen LogP contribution in [0, 0.1) is 0 Å². The Morgan fingerprint density at radius 3 is 2.50 bits per heavy atom. The highest BCUT2D eigenvalue weighted by atomic mass is 127. The Bertz CT molecular complexity index is 204. The molecule has 2 atom stereocenters. The van der Waals surface area contributed by atoms with Crippen LogP contribution in [0.5, 0.6) is 0 Å². The highest BCUT2D eigenvalue weighted by Crippen LogP contribution is 2.30. The van der Waals surface area contributed by atoms with Crippen molar-refractivity contribution < 1.29 is 14.6 Å². The summed E-state index contributed by atoms with van der Waals surface area (Å²) in [5.74, 6) is -0.465. The highest BCUT2D eigenvalue weighted by Gasteiger charge is 2.39. The number of alkyl halides is 1. The van der Waals surface area contributed by atoms with Crippen molar-refractivity contribution in [3.05, 3.63) is 12.2 Å². The summed E-state index contributed by atoms with van der Waals surface area (Å²) in [6.07, 6.45) is 4.75. The van der Waals surface area contributed by atoms with Crippen molar-refractivity contribution in [1.29, 1.82) is 0 Å². The van der Waals surface area contributed by atoms with Crippen molar-refractivity contribution in [2.45, 2.75) is 38.3 Å². The van der Waals surface area contributed by atoms with E-state index in [1.807, 2.05) is 19.9 Å². The predicted molar refractivity (Wildman–Crippen MR) is 63.6 cm³/mol. The molecule has 0 spiro atoms. The quantitative estimate of drug-likeness (QED) is 0.489. The number of rotatable bonds is 4. The second-order valence-corrected chi connectivity index (χ2v) is 4.64. The lowest BCUT2D eigenvalue weighted by atomic mass is 10.1. The molecule has 1 aliphatic rings. The van der Waals surface area contributed by atoms with E-state index in [2.05, 4.69) is 22.6 Å². The van der Waals surface area contributed by atoms with E-state index in [0.29, 0.717) is 0 Å². The molecule has 1 saturated heterocycles. The van der Waals surface area contributed by atoms with Crippen LogP contribution < -0.4 is 0 Å². The molecule has 3 nitrogen and oxygen atoms in total. The number of hydrogen-bond donors (Lipinski definition) is 1. The molecule has 0 bridgehead atoms. The van der Waals surface area contributed by atoms with E-state index in [1.165, 1.54) is 0 Å². The van der Waals surface area contributed by atoms with Gasteiger partial charge in [0.15, 0.2) is 5.79 Å². The molecule has 82 valence electrons. The van der Waals surface area contributed by atoms with Gasteiger partial charge in [-0.1, -0.05) is 34.7 Å². The molecule has 0 aromatic heterocycles. The van der Waals surface area contributed by atoms with Crippen molar-refractivity contribution >= 4 is 22.6 Å². The average molecular weight is 312 g/mol. The molecule has 0 saturated carbocycles. The normalized spacial score (nSPS) is 31.4. The van der Waals surface area contributed by atoms with E-state index >= 15 is 0 Å². The number of aliphatic hydroxyl groups excluding tert-OH is 1. The Labute approximate surface area is 98.6 Å². The Hall–Kier alpha value is 0.350. The van der Waals surface area contributed by atoms with Gasteiger partial charge in [0, 0.05) is 4.43 Å². The van der Waals surface area contributed by atoms with E-state index in [1.54, 1.807) is 6.08 Å². The van der Waals surface area contributed by atoms with E-state index < -0.39 is 5.79 Å². The summed E-state index contributed by atoms with van der Waals surface area (Å²) < 4.78 is 12.4. The van der Waals surface area contributed by atoms with Crippen molar-refractivity contribution in [2.24, 2.45) is 0 Å². The molecule has 1 heterocycles. The topological polar surface area (TPSA) is 38.7 Å². The van der Waals surface area contributed by atoms with E-state index in [-0.39, 0.29) is 18.8 Å². The third-order valence-corrected chi connectivity index (χ3v) is 2.95. The first-order valence-electron chi connectivity index (χ1n) is 4.76. The van der Waals surface area contributed by atoms with Gasteiger partial charge in [-0.15, -0.1) is 0 Å². The molecule has 1 rings (SSSR count). The van der Waals surface area contributed by atoms with Crippen molar-refractivity contribution in [2.75, 3.05) is 11.0 Å². The molecule has 1 N–H and O–H groups in total. The molecular formula is C10H17IO3.